The van der Waals surface area contributed by atoms with Gasteiger partial charge in [0.25, 0.3) is 0 Å². The number of anilines is 1. The lowest BCUT2D eigenvalue weighted by atomic mass is 10.3. The molecule has 0 spiro atoms. The zero-order valence-electron chi connectivity index (χ0n) is 7.28. The minimum absolute atomic E-state index is 0.185. The molecule has 72 valence electrons. The molecule has 0 fully saturated rings. The van der Waals surface area contributed by atoms with Crippen molar-refractivity contribution < 1.29 is 9.90 Å². The third kappa shape index (κ3) is 3.84. The van der Waals surface area contributed by atoms with Crippen LogP contribution < -0.4 is 5.32 Å². The molecule has 0 unspecified atom stereocenters. The van der Waals surface area contributed by atoms with E-state index < -0.39 is 5.97 Å². The topological polar surface area (TPSA) is 75.1 Å². The van der Waals surface area contributed by atoms with Gasteiger partial charge in [0.2, 0.25) is 5.13 Å². The summed E-state index contributed by atoms with van der Waals surface area (Å²) in [5, 5.41) is 20.7. The Morgan fingerprint density at radius 2 is 2.38 bits per heavy atom. The number of rotatable bonds is 5. The molecule has 0 radical (unpaired) electrons. The quantitative estimate of drug-likeness (QED) is 0.698. The highest BCUT2D eigenvalue weighted by molar-refractivity contribution is 7.15. The molecule has 0 atom stereocenters. The lowest BCUT2D eigenvalue weighted by molar-refractivity contribution is -0.137. The standard InChI is InChI=1S/C7H11N3O2S/c1-5-9-10-7(13-5)8-4-2-3-6(11)12/h2-4H2,1H3,(H,8,10)(H,11,12). The second-order valence-electron chi connectivity index (χ2n) is 2.55. The van der Waals surface area contributed by atoms with Crippen molar-refractivity contribution in [3.63, 3.8) is 0 Å². The fourth-order valence-electron chi connectivity index (χ4n) is 0.803. The highest BCUT2D eigenvalue weighted by atomic mass is 32.1. The van der Waals surface area contributed by atoms with Crippen LogP contribution in [-0.4, -0.2) is 27.8 Å². The number of nitrogens with one attached hydrogen (secondary N) is 1. The molecule has 0 aliphatic carbocycles. The predicted molar refractivity (Wildman–Crippen MR) is 50.0 cm³/mol. The van der Waals surface area contributed by atoms with Gasteiger partial charge in [-0.1, -0.05) is 11.3 Å². The van der Waals surface area contributed by atoms with Crippen LogP contribution in [-0.2, 0) is 4.79 Å². The zero-order chi connectivity index (χ0) is 9.68. The van der Waals surface area contributed by atoms with Gasteiger partial charge in [-0.2, -0.15) is 0 Å². The summed E-state index contributed by atoms with van der Waals surface area (Å²) in [6, 6.07) is 0. The third-order valence-electron chi connectivity index (χ3n) is 1.37. The van der Waals surface area contributed by atoms with Crippen LogP contribution >= 0.6 is 11.3 Å². The van der Waals surface area contributed by atoms with Crippen molar-refractivity contribution in [2.24, 2.45) is 0 Å². The summed E-state index contributed by atoms with van der Waals surface area (Å²) >= 11 is 1.47. The SMILES string of the molecule is Cc1nnc(NCCCC(=O)O)s1. The molecule has 1 rings (SSSR count). The van der Waals surface area contributed by atoms with E-state index in [0.717, 1.165) is 10.1 Å². The predicted octanol–water partition coefficient (Wildman–Crippen LogP) is 1.12. The van der Waals surface area contributed by atoms with Crippen molar-refractivity contribution in [1.82, 2.24) is 10.2 Å². The second kappa shape index (κ2) is 4.76. The van der Waals surface area contributed by atoms with Gasteiger partial charge in [-0.15, -0.1) is 10.2 Å². The smallest absolute Gasteiger partial charge is 0.303 e. The number of aryl methyl sites for hydroxylation is 1. The van der Waals surface area contributed by atoms with E-state index in [9.17, 15) is 4.79 Å². The van der Waals surface area contributed by atoms with E-state index in [2.05, 4.69) is 15.5 Å². The van der Waals surface area contributed by atoms with Crippen molar-refractivity contribution in [3.05, 3.63) is 5.01 Å². The van der Waals surface area contributed by atoms with Gasteiger partial charge in [-0.25, -0.2) is 0 Å². The van der Waals surface area contributed by atoms with E-state index in [1.807, 2.05) is 6.92 Å². The Morgan fingerprint density at radius 1 is 1.62 bits per heavy atom. The maximum atomic E-state index is 10.2. The first-order valence-electron chi connectivity index (χ1n) is 3.94. The molecule has 0 aliphatic heterocycles. The van der Waals surface area contributed by atoms with Crippen LogP contribution in [0.1, 0.15) is 17.8 Å². The van der Waals surface area contributed by atoms with Gasteiger partial charge in [0.15, 0.2) is 0 Å². The molecule has 2 N–H and O–H groups in total. The minimum atomic E-state index is -0.768. The van der Waals surface area contributed by atoms with Gasteiger partial charge in [0, 0.05) is 13.0 Å². The fourth-order valence-corrected chi connectivity index (χ4v) is 1.42. The van der Waals surface area contributed by atoms with E-state index in [0.29, 0.717) is 13.0 Å². The van der Waals surface area contributed by atoms with Crippen LogP contribution in [0.5, 0.6) is 0 Å². The van der Waals surface area contributed by atoms with Crippen LogP contribution in [0.3, 0.4) is 0 Å². The number of carbonyl (C=O) groups is 1. The number of aliphatic carboxylic acids is 1. The molecule has 0 saturated heterocycles. The van der Waals surface area contributed by atoms with Gasteiger partial charge in [-0.3, -0.25) is 4.79 Å². The number of carboxylic acids is 1. The molecular weight excluding hydrogens is 190 g/mol. The maximum absolute atomic E-state index is 10.2. The summed E-state index contributed by atoms with van der Waals surface area (Å²) in [6.45, 7) is 2.50. The first-order chi connectivity index (χ1) is 6.18. The number of nitrogens with zero attached hydrogens (tertiary/aromatic N) is 2. The van der Waals surface area contributed by atoms with Crippen LogP contribution in [0, 0.1) is 6.92 Å². The van der Waals surface area contributed by atoms with Crippen molar-refractivity contribution >= 4 is 22.4 Å². The highest BCUT2D eigenvalue weighted by Crippen LogP contribution is 2.13. The molecule has 1 aromatic heterocycles. The molecule has 0 amide bonds. The molecular formula is C7H11N3O2S. The van der Waals surface area contributed by atoms with Crippen LogP contribution in [0.25, 0.3) is 0 Å². The molecule has 0 saturated carbocycles. The first-order valence-corrected chi connectivity index (χ1v) is 4.76. The Balaban J connectivity index is 2.16. The monoisotopic (exact) mass is 201 g/mol. The molecule has 0 aliphatic rings. The van der Waals surface area contributed by atoms with Crippen LogP contribution in [0.2, 0.25) is 0 Å². The summed E-state index contributed by atoms with van der Waals surface area (Å²) in [5.74, 6) is -0.768. The van der Waals surface area contributed by atoms with Crippen molar-refractivity contribution in [2.75, 3.05) is 11.9 Å². The van der Waals surface area contributed by atoms with Crippen LogP contribution in [0.15, 0.2) is 0 Å². The Hall–Kier alpha value is -1.17. The highest BCUT2D eigenvalue weighted by Gasteiger charge is 1.99. The van der Waals surface area contributed by atoms with E-state index in [4.69, 9.17) is 5.11 Å². The van der Waals surface area contributed by atoms with Gasteiger partial charge < -0.3 is 10.4 Å². The summed E-state index contributed by atoms with van der Waals surface area (Å²) in [4.78, 5) is 10.2. The van der Waals surface area contributed by atoms with Crippen molar-refractivity contribution in [2.45, 2.75) is 19.8 Å². The first kappa shape index (κ1) is 9.91. The Bertz CT molecular complexity index is 287. The molecule has 0 bridgehead atoms. The van der Waals surface area contributed by atoms with Gasteiger partial charge in [0.05, 0.1) is 0 Å². The molecule has 1 aromatic rings. The normalized spacial score (nSPS) is 9.92. The zero-order valence-corrected chi connectivity index (χ0v) is 8.10. The number of aromatic nitrogens is 2. The van der Waals surface area contributed by atoms with E-state index in [1.54, 1.807) is 0 Å². The Morgan fingerprint density at radius 3 is 2.92 bits per heavy atom. The van der Waals surface area contributed by atoms with E-state index >= 15 is 0 Å². The lowest BCUT2D eigenvalue weighted by Crippen LogP contribution is -2.04. The van der Waals surface area contributed by atoms with Gasteiger partial charge >= 0.3 is 5.97 Å². The summed E-state index contributed by atoms with van der Waals surface area (Å²) < 4.78 is 0. The third-order valence-corrected chi connectivity index (χ3v) is 2.17. The summed E-state index contributed by atoms with van der Waals surface area (Å²) in [5.41, 5.74) is 0. The number of carboxylic acid groups (broad SMARTS) is 1. The minimum Gasteiger partial charge on any atom is -0.481 e. The molecule has 1 heterocycles. The van der Waals surface area contributed by atoms with Gasteiger partial charge in [-0.05, 0) is 13.3 Å². The van der Waals surface area contributed by atoms with Crippen molar-refractivity contribution in [1.29, 1.82) is 0 Å². The molecule has 5 nitrogen and oxygen atoms in total. The number of hydrogen-bond acceptors (Lipinski definition) is 5. The average Bonchev–Trinajstić information content (AvgIpc) is 2.45. The second-order valence-corrected chi connectivity index (χ2v) is 3.73. The lowest BCUT2D eigenvalue weighted by Gasteiger charge is -1.98. The largest absolute Gasteiger partial charge is 0.481 e. The molecule has 13 heavy (non-hydrogen) atoms. The molecule has 0 aromatic carbocycles. The summed E-state index contributed by atoms with van der Waals surface area (Å²) in [6.07, 6.45) is 0.790. The maximum Gasteiger partial charge on any atom is 0.303 e. The van der Waals surface area contributed by atoms with Crippen LogP contribution in [0.4, 0.5) is 5.13 Å². The van der Waals surface area contributed by atoms with Gasteiger partial charge in [0.1, 0.15) is 5.01 Å². The molecule has 6 heteroatoms. The Labute approximate surface area is 79.8 Å². The fraction of sp³-hybridized carbons (Fsp3) is 0.571. The summed E-state index contributed by atoms with van der Waals surface area (Å²) in [7, 11) is 0. The van der Waals surface area contributed by atoms with E-state index in [1.165, 1.54) is 11.3 Å². The van der Waals surface area contributed by atoms with E-state index in [-0.39, 0.29) is 6.42 Å². The number of hydrogen-bond donors (Lipinski definition) is 2. The van der Waals surface area contributed by atoms with Crippen molar-refractivity contribution in [3.8, 4) is 0 Å². The average molecular weight is 201 g/mol. The Kier molecular flexibility index (Phi) is 3.63.